The Morgan fingerprint density at radius 1 is 1.05 bits per heavy atom. The van der Waals surface area contributed by atoms with E-state index in [-0.39, 0.29) is 6.04 Å². The molecule has 0 saturated carbocycles. The van der Waals surface area contributed by atoms with Gasteiger partial charge in [-0.1, -0.05) is 43.3 Å². The van der Waals surface area contributed by atoms with Crippen LogP contribution in [0.25, 0.3) is 0 Å². The van der Waals surface area contributed by atoms with Crippen LogP contribution in [0.1, 0.15) is 29.7 Å². The van der Waals surface area contributed by atoms with Crippen molar-refractivity contribution in [2.75, 3.05) is 18.5 Å². The molecule has 0 aliphatic carbocycles. The van der Waals surface area contributed by atoms with Crippen LogP contribution in [-0.2, 0) is 6.42 Å². The van der Waals surface area contributed by atoms with Gasteiger partial charge in [0.25, 0.3) is 0 Å². The van der Waals surface area contributed by atoms with Gasteiger partial charge in [-0.2, -0.15) is 0 Å². The average molecular weight is 268 g/mol. The van der Waals surface area contributed by atoms with Crippen molar-refractivity contribution in [1.82, 2.24) is 0 Å². The number of hydrogen-bond donors (Lipinski definition) is 1. The molecule has 0 fully saturated rings. The Hall–Kier alpha value is -1.80. The lowest BCUT2D eigenvalue weighted by atomic mass is 9.99. The van der Waals surface area contributed by atoms with Crippen LogP contribution in [0, 0.1) is 6.92 Å². The molecule has 2 nitrogen and oxygen atoms in total. The van der Waals surface area contributed by atoms with Crippen molar-refractivity contribution in [1.29, 1.82) is 0 Å². The number of nitrogens with two attached hydrogens (primary N) is 1. The van der Waals surface area contributed by atoms with Gasteiger partial charge in [-0.3, -0.25) is 0 Å². The topological polar surface area (TPSA) is 29.3 Å². The normalized spacial score (nSPS) is 12.2. The van der Waals surface area contributed by atoms with E-state index in [2.05, 4.69) is 74.3 Å². The van der Waals surface area contributed by atoms with Gasteiger partial charge in [-0.05, 0) is 42.2 Å². The Balaban J connectivity index is 2.28. The minimum absolute atomic E-state index is 0.212. The van der Waals surface area contributed by atoms with Crippen LogP contribution in [-0.4, -0.2) is 13.6 Å². The highest BCUT2D eigenvalue weighted by Crippen LogP contribution is 2.27. The summed E-state index contributed by atoms with van der Waals surface area (Å²) in [6.07, 6.45) is 1.07. The second-order valence-corrected chi connectivity index (χ2v) is 5.24. The zero-order valence-electron chi connectivity index (χ0n) is 12.6. The largest absolute Gasteiger partial charge is 0.366 e. The summed E-state index contributed by atoms with van der Waals surface area (Å²) in [6.45, 7) is 4.93. The molecule has 1 unspecified atom stereocenters. The van der Waals surface area contributed by atoms with E-state index < -0.39 is 0 Å². The zero-order chi connectivity index (χ0) is 14.5. The molecule has 1 atom stereocenters. The van der Waals surface area contributed by atoms with Crippen LogP contribution in [0.2, 0.25) is 0 Å². The summed E-state index contributed by atoms with van der Waals surface area (Å²) < 4.78 is 0. The van der Waals surface area contributed by atoms with Crippen molar-refractivity contribution in [3.8, 4) is 0 Å². The van der Waals surface area contributed by atoms with Crippen molar-refractivity contribution in [2.45, 2.75) is 26.3 Å². The van der Waals surface area contributed by atoms with E-state index in [1.165, 1.54) is 22.4 Å². The predicted octanol–water partition coefficient (Wildman–Crippen LogP) is 3.69. The van der Waals surface area contributed by atoms with Gasteiger partial charge in [0.15, 0.2) is 0 Å². The van der Waals surface area contributed by atoms with Gasteiger partial charge in [0.1, 0.15) is 0 Å². The monoisotopic (exact) mass is 268 g/mol. The van der Waals surface area contributed by atoms with E-state index in [1.54, 1.807) is 0 Å². The van der Waals surface area contributed by atoms with Crippen molar-refractivity contribution >= 4 is 5.69 Å². The molecule has 2 aromatic carbocycles. The Labute approximate surface area is 122 Å². The summed E-state index contributed by atoms with van der Waals surface area (Å²) in [4.78, 5) is 2.27. The van der Waals surface area contributed by atoms with E-state index in [0.29, 0.717) is 6.54 Å². The first-order valence-corrected chi connectivity index (χ1v) is 7.24. The first-order valence-electron chi connectivity index (χ1n) is 7.24. The summed E-state index contributed by atoms with van der Waals surface area (Å²) in [5, 5.41) is 0. The number of likely N-dealkylation sites (N-methyl/N-ethyl adjacent to an activating group) is 1. The lowest BCUT2D eigenvalue weighted by molar-refractivity contribution is 0.676. The number of aryl methyl sites for hydroxylation is 2. The molecule has 2 aromatic rings. The van der Waals surface area contributed by atoms with Crippen LogP contribution in [0.5, 0.6) is 0 Å². The van der Waals surface area contributed by atoms with Gasteiger partial charge in [0, 0.05) is 19.3 Å². The lowest BCUT2D eigenvalue weighted by Crippen LogP contribution is -2.30. The van der Waals surface area contributed by atoms with Crippen molar-refractivity contribution in [3.63, 3.8) is 0 Å². The van der Waals surface area contributed by atoms with Crippen molar-refractivity contribution in [3.05, 3.63) is 65.2 Å². The molecule has 20 heavy (non-hydrogen) atoms. The Morgan fingerprint density at radius 3 is 2.25 bits per heavy atom. The number of anilines is 1. The van der Waals surface area contributed by atoms with Crippen molar-refractivity contribution < 1.29 is 0 Å². The fourth-order valence-corrected chi connectivity index (χ4v) is 2.60. The lowest BCUT2D eigenvalue weighted by Gasteiger charge is -2.30. The highest BCUT2D eigenvalue weighted by Gasteiger charge is 2.17. The SMILES string of the molecule is CCc1ccc(N(C)C(CN)c2ccccc2C)cc1. The molecule has 0 amide bonds. The van der Waals surface area contributed by atoms with Gasteiger partial charge >= 0.3 is 0 Å². The number of hydrogen-bond acceptors (Lipinski definition) is 2. The summed E-state index contributed by atoms with van der Waals surface area (Å²) in [6, 6.07) is 17.4. The van der Waals surface area contributed by atoms with E-state index in [9.17, 15) is 0 Å². The summed E-state index contributed by atoms with van der Waals surface area (Å²) >= 11 is 0. The summed E-state index contributed by atoms with van der Waals surface area (Å²) in [5.41, 5.74) is 11.2. The maximum atomic E-state index is 6.03. The number of rotatable bonds is 5. The first-order chi connectivity index (χ1) is 9.67. The number of benzene rings is 2. The van der Waals surface area contributed by atoms with Gasteiger partial charge in [0.05, 0.1) is 6.04 Å². The first kappa shape index (κ1) is 14.6. The molecule has 0 radical (unpaired) electrons. The molecule has 2 rings (SSSR count). The van der Waals surface area contributed by atoms with E-state index in [4.69, 9.17) is 5.73 Å². The molecular formula is C18H24N2. The quantitative estimate of drug-likeness (QED) is 0.896. The fourth-order valence-electron chi connectivity index (χ4n) is 2.60. The third-order valence-electron chi connectivity index (χ3n) is 3.99. The molecule has 2 N–H and O–H groups in total. The minimum atomic E-state index is 0.212. The Bertz CT molecular complexity index is 546. The molecular weight excluding hydrogens is 244 g/mol. The predicted molar refractivity (Wildman–Crippen MR) is 87.2 cm³/mol. The molecule has 0 aliphatic heterocycles. The fraction of sp³-hybridized carbons (Fsp3) is 0.333. The molecule has 2 heteroatoms. The van der Waals surface area contributed by atoms with Gasteiger partial charge < -0.3 is 10.6 Å². The van der Waals surface area contributed by atoms with Gasteiger partial charge in [0.2, 0.25) is 0 Å². The smallest absolute Gasteiger partial charge is 0.0664 e. The second kappa shape index (κ2) is 6.58. The molecule has 0 heterocycles. The van der Waals surface area contributed by atoms with Crippen LogP contribution in [0.4, 0.5) is 5.69 Å². The summed E-state index contributed by atoms with van der Waals surface area (Å²) in [7, 11) is 2.12. The van der Waals surface area contributed by atoms with Crippen LogP contribution < -0.4 is 10.6 Å². The maximum Gasteiger partial charge on any atom is 0.0664 e. The number of nitrogens with zero attached hydrogens (tertiary/aromatic N) is 1. The maximum absolute atomic E-state index is 6.03. The van der Waals surface area contributed by atoms with Crippen LogP contribution in [0.3, 0.4) is 0 Å². The highest BCUT2D eigenvalue weighted by molar-refractivity contribution is 5.50. The van der Waals surface area contributed by atoms with Crippen molar-refractivity contribution in [2.24, 2.45) is 5.73 Å². The highest BCUT2D eigenvalue weighted by atomic mass is 15.1. The Kier molecular flexibility index (Phi) is 4.80. The van der Waals surface area contributed by atoms with Crippen LogP contribution in [0.15, 0.2) is 48.5 Å². The van der Waals surface area contributed by atoms with E-state index >= 15 is 0 Å². The molecule has 0 spiro atoms. The van der Waals surface area contributed by atoms with E-state index in [0.717, 1.165) is 6.42 Å². The Morgan fingerprint density at radius 2 is 1.70 bits per heavy atom. The zero-order valence-corrected chi connectivity index (χ0v) is 12.6. The second-order valence-electron chi connectivity index (χ2n) is 5.24. The average Bonchev–Trinajstić information content (AvgIpc) is 2.50. The van der Waals surface area contributed by atoms with Crippen LogP contribution >= 0.6 is 0 Å². The molecule has 0 saturated heterocycles. The third kappa shape index (κ3) is 3.02. The van der Waals surface area contributed by atoms with Gasteiger partial charge in [-0.25, -0.2) is 0 Å². The molecule has 0 aromatic heterocycles. The molecule has 0 bridgehead atoms. The molecule has 0 aliphatic rings. The van der Waals surface area contributed by atoms with E-state index in [1.807, 2.05) is 0 Å². The minimum Gasteiger partial charge on any atom is -0.366 e. The molecule has 106 valence electrons. The van der Waals surface area contributed by atoms with Gasteiger partial charge in [-0.15, -0.1) is 0 Å². The standard InChI is InChI=1S/C18H24N2/c1-4-15-9-11-16(12-10-15)20(3)18(13-19)17-8-6-5-7-14(17)2/h5-12,18H,4,13,19H2,1-3H3. The summed E-state index contributed by atoms with van der Waals surface area (Å²) in [5.74, 6) is 0. The third-order valence-corrected chi connectivity index (χ3v) is 3.99.